The van der Waals surface area contributed by atoms with Gasteiger partial charge < -0.3 is 14.6 Å². The molecule has 27 heavy (non-hydrogen) atoms. The zero-order valence-corrected chi connectivity index (χ0v) is 16.8. The number of H-pyrrole nitrogens is 1. The Morgan fingerprint density at radius 1 is 1.33 bits per heavy atom. The fourth-order valence-electron chi connectivity index (χ4n) is 3.06. The van der Waals surface area contributed by atoms with Gasteiger partial charge >= 0.3 is 5.97 Å². The minimum absolute atomic E-state index is 0.00393. The van der Waals surface area contributed by atoms with Crippen molar-refractivity contribution < 1.29 is 14.4 Å². The fraction of sp³-hybridized carbons (Fsp3) is 0.350. The van der Waals surface area contributed by atoms with Crippen LogP contribution >= 0.6 is 11.3 Å². The third-order valence-electron chi connectivity index (χ3n) is 4.75. The van der Waals surface area contributed by atoms with Crippen LogP contribution in [0.25, 0.3) is 10.2 Å². The number of nitrogens with one attached hydrogen (secondary N) is 2. The highest BCUT2D eigenvalue weighted by Crippen LogP contribution is 2.28. The van der Waals surface area contributed by atoms with Gasteiger partial charge in [-0.25, -0.2) is 9.78 Å². The number of aromatic amines is 1. The van der Waals surface area contributed by atoms with Crippen LogP contribution in [0.1, 0.15) is 46.5 Å². The van der Waals surface area contributed by atoms with Gasteiger partial charge in [0.1, 0.15) is 22.3 Å². The van der Waals surface area contributed by atoms with Crippen molar-refractivity contribution in [1.29, 1.82) is 0 Å². The van der Waals surface area contributed by atoms with Gasteiger partial charge in [0.05, 0.1) is 19.0 Å². The SMILES string of the molecule is CCOC(=O)c1sc2nc([C@H](C)[NH+](C)Cc3ccccc3)[nH]c(=O)c2c1C. The Kier molecular flexibility index (Phi) is 5.72. The summed E-state index contributed by atoms with van der Waals surface area (Å²) in [6.45, 7) is 6.68. The summed E-state index contributed by atoms with van der Waals surface area (Å²) in [5.74, 6) is 0.219. The third-order valence-corrected chi connectivity index (χ3v) is 5.92. The van der Waals surface area contributed by atoms with E-state index >= 15 is 0 Å². The van der Waals surface area contributed by atoms with Gasteiger partial charge in [-0.1, -0.05) is 30.3 Å². The van der Waals surface area contributed by atoms with Crippen molar-refractivity contribution in [2.24, 2.45) is 0 Å². The summed E-state index contributed by atoms with van der Waals surface area (Å²) in [6.07, 6.45) is 0. The summed E-state index contributed by atoms with van der Waals surface area (Å²) >= 11 is 1.22. The number of hydrogen-bond acceptors (Lipinski definition) is 5. The number of quaternary nitrogens is 1. The van der Waals surface area contributed by atoms with E-state index in [1.807, 2.05) is 25.1 Å². The second-order valence-electron chi connectivity index (χ2n) is 6.64. The van der Waals surface area contributed by atoms with Crippen LogP contribution in [0.15, 0.2) is 35.1 Å². The first-order valence-corrected chi connectivity index (χ1v) is 9.80. The quantitative estimate of drug-likeness (QED) is 0.637. The largest absolute Gasteiger partial charge is 0.462 e. The van der Waals surface area contributed by atoms with Gasteiger partial charge in [0, 0.05) is 5.56 Å². The Balaban J connectivity index is 1.93. The predicted octanol–water partition coefficient (Wildman–Crippen LogP) is 2.25. The molecule has 2 atom stereocenters. The van der Waals surface area contributed by atoms with Crippen molar-refractivity contribution in [2.75, 3.05) is 13.7 Å². The molecule has 7 heteroatoms. The molecule has 1 unspecified atom stereocenters. The Labute approximate surface area is 161 Å². The van der Waals surface area contributed by atoms with Gasteiger partial charge in [0.25, 0.3) is 5.56 Å². The van der Waals surface area contributed by atoms with Gasteiger partial charge in [0.15, 0.2) is 5.82 Å². The Bertz CT molecular complexity index is 1010. The summed E-state index contributed by atoms with van der Waals surface area (Å²) in [7, 11) is 2.07. The van der Waals surface area contributed by atoms with Crippen molar-refractivity contribution in [3.05, 3.63) is 62.5 Å². The number of aromatic nitrogens is 2. The van der Waals surface area contributed by atoms with E-state index in [2.05, 4.69) is 29.1 Å². The standard InChI is InChI=1S/C20H23N3O3S/c1-5-26-20(25)16-12(2)15-18(24)21-17(22-19(15)27-16)13(3)23(4)11-14-9-7-6-8-10-14/h6-10,13H,5,11H2,1-4H3,(H,21,22,24)/p+1/t13-/m0/s1. The molecular formula is C20H24N3O3S+. The first-order valence-electron chi connectivity index (χ1n) is 8.99. The second-order valence-corrected chi connectivity index (χ2v) is 7.64. The Hall–Kier alpha value is -2.51. The van der Waals surface area contributed by atoms with Crippen LogP contribution in [-0.4, -0.2) is 29.6 Å². The maximum atomic E-state index is 12.6. The van der Waals surface area contributed by atoms with E-state index in [-0.39, 0.29) is 11.6 Å². The number of carbonyl (C=O) groups is 1. The molecule has 1 aromatic carbocycles. The van der Waals surface area contributed by atoms with E-state index < -0.39 is 5.97 Å². The summed E-state index contributed by atoms with van der Waals surface area (Å²) in [6, 6.07) is 10.2. The van der Waals surface area contributed by atoms with Crippen LogP contribution in [0.5, 0.6) is 0 Å². The van der Waals surface area contributed by atoms with E-state index in [9.17, 15) is 9.59 Å². The van der Waals surface area contributed by atoms with Crippen molar-refractivity contribution >= 4 is 27.5 Å². The normalized spacial score (nSPS) is 13.5. The molecule has 0 bridgehead atoms. The smallest absolute Gasteiger partial charge is 0.348 e. The van der Waals surface area contributed by atoms with Crippen LogP contribution in [-0.2, 0) is 11.3 Å². The first-order chi connectivity index (χ1) is 12.9. The number of carbonyl (C=O) groups excluding carboxylic acids is 1. The number of benzene rings is 1. The monoisotopic (exact) mass is 386 g/mol. The number of thiophene rings is 1. The Morgan fingerprint density at radius 2 is 2.04 bits per heavy atom. The lowest BCUT2D eigenvalue weighted by Gasteiger charge is -2.21. The van der Waals surface area contributed by atoms with Gasteiger partial charge in [-0.3, -0.25) is 4.79 Å². The molecule has 3 rings (SSSR count). The molecule has 0 aliphatic rings. The molecule has 0 radical (unpaired) electrons. The molecule has 0 amide bonds. The van der Waals surface area contributed by atoms with E-state index in [0.717, 1.165) is 6.54 Å². The number of ether oxygens (including phenoxy) is 1. The molecule has 6 nitrogen and oxygen atoms in total. The molecule has 2 aromatic heterocycles. The minimum Gasteiger partial charge on any atom is -0.462 e. The van der Waals surface area contributed by atoms with Gasteiger partial charge in [-0.15, -0.1) is 11.3 Å². The fourth-order valence-corrected chi connectivity index (χ4v) is 4.14. The molecule has 142 valence electrons. The van der Waals surface area contributed by atoms with E-state index in [4.69, 9.17) is 4.74 Å². The number of aryl methyl sites for hydroxylation is 1. The molecular weight excluding hydrogens is 362 g/mol. The highest BCUT2D eigenvalue weighted by Gasteiger charge is 2.23. The van der Waals surface area contributed by atoms with Crippen LogP contribution in [0.2, 0.25) is 0 Å². The van der Waals surface area contributed by atoms with Crippen molar-refractivity contribution in [1.82, 2.24) is 9.97 Å². The average molecular weight is 386 g/mol. The average Bonchev–Trinajstić information content (AvgIpc) is 2.99. The summed E-state index contributed by atoms with van der Waals surface area (Å²) in [5, 5.41) is 0.472. The van der Waals surface area contributed by atoms with Crippen molar-refractivity contribution in [3.8, 4) is 0 Å². The van der Waals surface area contributed by atoms with Crippen molar-refractivity contribution in [2.45, 2.75) is 33.4 Å². The highest BCUT2D eigenvalue weighted by atomic mass is 32.1. The van der Waals surface area contributed by atoms with E-state index in [1.54, 1.807) is 13.8 Å². The van der Waals surface area contributed by atoms with Gasteiger partial charge in [-0.05, 0) is 26.3 Å². The number of nitrogens with zero attached hydrogens (tertiary/aromatic N) is 1. The van der Waals surface area contributed by atoms with Gasteiger partial charge in [0.2, 0.25) is 0 Å². The number of esters is 1. The van der Waals surface area contributed by atoms with Crippen LogP contribution in [0.4, 0.5) is 0 Å². The molecule has 3 aromatic rings. The first kappa shape index (κ1) is 19.3. The van der Waals surface area contributed by atoms with E-state index in [1.165, 1.54) is 21.8 Å². The minimum atomic E-state index is -0.404. The lowest BCUT2D eigenvalue weighted by Crippen LogP contribution is -3.07. The van der Waals surface area contributed by atoms with E-state index in [0.29, 0.717) is 33.1 Å². The van der Waals surface area contributed by atoms with Gasteiger partial charge in [-0.2, -0.15) is 0 Å². The molecule has 0 spiro atoms. The van der Waals surface area contributed by atoms with Crippen LogP contribution in [0, 0.1) is 6.92 Å². The molecule has 2 heterocycles. The van der Waals surface area contributed by atoms with Crippen LogP contribution < -0.4 is 10.5 Å². The lowest BCUT2D eigenvalue weighted by atomic mass is 10.2. The highest BCUT2D eigenvalue weighted by molar-refractivity contribution is 7.20. The summed E-state index contributed by atoms with van der Waals surface area (Å²) < 4.78 is 5.09. The topological polar surface area (TPSA) is 76.5 Å². The number of rotatable bonds is 6. The van der Waals surface area contributed by atoms with Crippen molar-refractivity contribution in [3.63, 3.8) is 0 Å². The molecule has 0 saturated carbocycles. The zero-order valence-electron chi connectivity index (χ0n) is 16.0. The molecule has 0 aliphatic carbocycles. The predicted molar refractivity (Wildman–Crippen MR) is 106 cm³/mol. The molecule has 0 fully saturated rings. The second kappa shape index (κ2) is 8.02. The maximum Gasteiger partial charge on any atom is 0.348 e. The molecule has 0 saturated heterocycles. The zero-order chi connectivity index (χ0) is 19.6. The summed E-state index contributed by atoms with van der Waals surface area (Å²) in [4.78, 5) is 34.6. The molecule has 0 aliphatic heterocycles. The lowest BCUT2D eigenvalue weighted by molar-refractivity contribution is -0.924. The summed E-state index contributed by atoms with van der Waals surface area (Å²) in [5.41, 5.74) is 1.65. The Morgan fingerprint density at radius 3 is 2.70 bits per heavy atom. The van der Waals surface area contributed by atoms with Crippen LogP contribution in [0.3, 0.4) is 0 Å². The maximum absolute atomic E-state index is 12.6. The number of fused-ring (bicyclic) bond motifs is 1. The molecule has 2 N–H and O–H groups in total. The number of hydrogen-bond donors (Lipinski definition) is 2. The third kappa shape index (κ3) is 3.94.